The van der Waals surface area contributed by atoms with Gasteiger partial charge in [0, 0.05) is 0 Å². The minimum Gasteiger partial charge on any atom is -0.0885 e. The number of unbranched alkanes of at least 4 members (excludes halogenated alkanes) is 10. The van der Waals surface area contributed by atoms with Crippen molar-refractivity contribution in [2.24, 2.45) is 5.92 Å². The zero-order valence-electron chi connectivity index (χ0n) is 15.5. The van der Waals surface area contributed by atoms with Crippen LogP contribution in [0.4, 0.5) is 0 Å². The van der Waals surface area contributed by atoms with Crippen LogP contribution >= 0.6 is 0 Å². The lowest BCUT2D eigenvalue weighted by Crippen LogP contribution is -1.99. The van der Waals surface area contributed by atoms with Crippen LogP contribution in [-0.2, 0) is 0 Å². The molecule has 0 aromatic rings. The Kier molecular flexibility index (Phi) is 18.6. The average molecular weight is 307 g/mol. The van der Waals surface area contributed by atoms with Gasteiger partial charge in [0.1, 0.15) is 0 Å². The zero-order valence-corrected chi connectivity index (χ0v) is 15.5. The van der Waals surface area contributed by atoms with Gasteiger partial charge in [-0.25, -0.2) is 0 Å². The molecule has 0 aliphatic rings. The third kappa shape index (κ3) is 16.1. The van der Waals surface area contributed by atoms with Gasteiger partial charge in [-0.05, 0) is 25.2 Å². The van der Waals surface area contributed by atoms with Gasteiger partial charge < -0.3 is 0 Å². The van der Waals surface area contributed by atoms with Crippen LogP contribution in [0.2, 0.25) is 0 Å². The van der Waals surface area contributed by atoms with Crippen LogP contribution in [0.15, 0.2) is 12.2 Å². The van der Waals surface area contributed by atoms with Crippen molar-refractivity contribution in [3.63, 3.8) is 0 Å². The highest BCUT2D eigenvalue weighted by molar-refractivity contribution is 4.84. The highest BCUT2D eigenvalue weighted by Crippen LogP contribution is 2.21. The van der Waals surface area contributed by atoms with E-state index in [-0.39, 0.29) is 0 Å². The van der Waals surface area contributed by atoms with Crippen LogP contribution in [0, 0.1) is 19.8 Å². The van der Waals surface area contributed by atoms with E-state index in [9.17, 15) is 0 Å². The van der Waals surface area contributed by atoms with Crippen molar-refractivity contribution in [1.82, 2.24) is 0 Å². The molecule has 0 aliphatic heterocycles. The SMILES string of the molecule is [CH2]CCCCC=CCC(CCC)CCCCCCCCC[CH2]. The van der Waals surface area contributed by atoms with Crippen molar-refractivity contribution in [1.29, 1.82) is 0 Å². The maximum Gasteiger partial charge on any atom is -0.0322 e. The van der Waals surface area contributed by atoms with Crippen molar-refractivity contribution >= 4 is 0 Å². The molecular weight excluding hydrogens is 264 g/mol. The summed E-state index contributed by atoms with van der Waals surface area (Å²) in [4.78, 5) is 0. The lowest BCUT2D eigenvalue weighted by Gasteiger charge is -2.13. The first kappa shape index (κ1) is 21.7. The van der Waals surface area contributed by atoms with Crippen LogP contribution in [0.5, 0.6) is 0 Å². The lowest BCUT2D eigenvalue weighted by atomic mass is 9.92. The Balaban J connectivity index is 3.54. The zero-order chi connectivity index (χ0) is 16.3. The Hall–Kier alpha value is -0.260. The Bertz CT molecular complexity index is 216. The van der Waals surface area contributed by atoms with Crippen LogP contribution in [0.3, 0.4) is 0 Å². The first-order valence-corrected chi connectivity index (χ1v) is 10.1. The van der Waals surface area contributed by atoms with E-state index in [1.807, 2.05) is 0 Å². The van der Waals surface area contributed by atoms with Gasteiger partial charge in [-0.2, -0.15) is 0 Å². The summed E-state index contributed by atoms with van der Waals surface area (Å²) in [5.74, 6) is 0.931. The maximum atomic E-state index is 3.91. The lowest BCUT2D eigenvalue weighted by molar-refractivity contribution is 0.422. The van der Waals surface area contributed by atoms with Gasteiger partial charge in [-0.3, -0.25) is 0 Å². The van der Waals surface area contributed by atoms with E-state index in [0.717, 1.165) is 18.8 Å². The summed E-state index contributed by atoms with van der Waals surface area (Å²) in [7, 11) is 0. The minimum atomic E-state index is 0.931. The van der Waals surface area contributed by atoms with Crippen LogP contribution < -0.4 is 0 Å². The molecular formula is C22H42. The monoisotopic (exact) mass is 306 g/mol. The van der Waals surface area contributed by atoms with E-state index in [0.29, 0.717) is 0 Å². The van der Waals surface area contributed by atoms with Crippen molar-refractivity contribution in [3.8, 4) is 0 Å². The summed E-state index contributed by atoms with van der Waals surface area (Å²) in [6, 6.07) is 0. The fourth-order valence-corrected chi connectivity index (χ4v) is 3.13. The van der Waals surface area contributed by atoms with E-state index < -0.39 is 0 Å². The molecule has 2 radical (unpaired) electrons. The smallest absolute Gasteiger partial charge is 0.0322 e. The molecule has 0 aromatic heterocycles. The number of hydrogen-bond acceptors (Lipinski definition) is 0. The summed E-state index contributed by atoms with van der Waals surface area (Å²) in [5, 5.41) is 0. The Labute approximate surface area is 142 Å². The maximum absolute atomic E-state index is 3.91. The van der Waals surface area contributed by atoms with Crippen LogP contribution in [0.25, 0.3) is 0 Å². The van der Waals surface area contributed by atoms with E-state index in [4.69, 9.17) is 0 Å². The molecule has 0 N–H and O–H groups in total. The van der Waals surface area contributed by atoms with Gasteiger partial charge in [0.15, 0.2) is 0 Å². The fraction of sp³-hybridized carbons (Fsp3) is 0.818. The molecule has 0 amide bonds. The first-order chi connectivity index (χ1) is 10.8. The van der Waals surface area contributed by atoms with Crippen LogP contribution in [-0.4, -0.2) is 0 Å². The fourth-order valence-electron chi connectivity index (χ4n) is 3.13. The number of allylic oxidation sites excluding steroid dienone is 2. The van der Waals surface area contributed by atoms with Crippen molar-refractivity contribution in [2.45, 2.75) is 110 Å². The van der Waals surface area contributed by atoms with Crippen LogP contribution in [0.1, 0.15) is 110 Å². The molecule has 0 rings (SSSR count). The van der Waals surface area contributed by atoms with E-state index in [1.54, 1.807) is 0 Å². The Morgan fingerprint density at radius 3 is 1.91 bits per heavy atom. The van der Waals surface area contributed by atoms with Crippen molar-refractivity contribution < 1.29 is 0 Å². The minimum absolute atomic E-state index is 0.931. The van der Waals surface area contributed by atoms with Crippen molar-refractivity contribution in [3.05, 3.63) is 26.0 Å². The quantitative estimate of drug-likeness (QED) is 0.188. The summed E-state index contributed by atoms with van der Waals surface area (Å²) < 4.78 is 0. The summed E-state index contributed by atoms with van der Waals surface area (Å²) in [5.41, 5.74) is 0. The molecule has 0 fully saturated rings. The highest BCUT2D eigenvalue weighted by Gasteiger charge is 2.05. The second-order valence-electron chi connectivity index (χ2n) is 6.83. The molecule has 0 aliphatic carbocycles. The Morgan fingerprint density at radius 1 is 0.682 bits per heavy atom. The molecule has 0 spiro atoms. The average Bonchev–Trinajstić information content (AvgIpc) is 2.53. The van der Waals surface area contributed by atoms with Gasteiger partial charge in [0.2, 0.25) is 0 Å². The standard InChI is InChI=1S/C22H42/c1-4-7-9-11-13-14-16-18-21-22(19-6-3)20-17-15-12-10-8-5-2/h15,17,22H,1-2,4-14,16,18-21H2,3H3. The molecule has 0 heterocycles. The van der Waals surface area contributed by atoms with E-state index in [1.165, 1.54) is 89.9 Å². The molecule has 0 heteroatoms. The van der Waals surface area contributed by atoms with Crippen molar-refractivity contribution in [2.75, 3.05) is 0 Å². The van der Waals surface area contributed by atoms with Gasteiger partial charge in [-0.1, -0.05) is 116 Å². The molecule has 0 saturated carbocycles. The topological polar surface area (TPSA) is 0 Å². The van der Waals surface area contributed by atoms with Gasteiger partial charge in [-0.15, -0.1) is 0 Å². The molecule has 22 heavy (non-hydrogen) atoms. The molecule has 1 unspecified atom stereocenters. The predicted octanol–water partition coefficient (Wildman–Crippen LogP) is 8.09. The summed E-state index contributed by atoms with van der Waals surface area (Å²) in [6.07, 6.45) is 26.3. The Morgan fingerprint density at radius 2 is 1.27 bits per heavy atom. The molecule has 130 valence electrons. The third-order valence-electron chi connectivity index (χ3n) is 4.57. The molecule has 0 saturated heterocycles. The predicted molar refractivity (Wildman–Crippen MR) is 103 cm³/mol. The van der Waals surface area contributed by atoms with E-state index in [2.05, 4.69) is 32.9 Å². The van der Waals surface area contributed by atoms with E-state index >= 15 is 0 Å². The van der Waals surface area contributed by atoms with Gasteiger partial charge in [0.05, 0.1) is 0 Å². The molecule has 0 aromatic carbocycles. The summed E-state index contributed by atoms with van der Waals surface area (Å²) >= 11 is 0. The third-order valence-corrected chi connectivity index (χ3v) is 4.57. The largest absolute Gasteiger partial charge is 0.0885 e. The van der Waals surface area contributed by atoms with Gasteiger partial charge in [0.25, 0.3) is 0 Å². The number of rotatable bonds is 17. The number of hydrogen-bond donors (Lipinski definition) is 0. The first-order valence-electron chi connectivity index (χ1n) is 10.1. The molecule has 0 nitrogen and oxygen atoms in total. The second kappa shape index (κ2) is 18.8. The van der Waals surface area contributed by atoms with Gasteiger partial charge >= 0.3 is 0 Å². The normalized spacial score (nSPS) is 13.0. The highest BCUT2D eigenvalue weighted by atomic mass is 14.1. The molecule has 0 bridgehead atoms. The second-order valence-corrected chi connectivity index (χ2v) is 6.83. The summed E-state index contributed by atoms with van der Waals surface area (Å²) in [6.45, 7) is 10.1. The molecule has 1 atom stereocenters.